The lowest BCUT2D eigenvalue weighted by Crippen LogP contribution is -2.47. The Kier molecular flexibility index (Phi) is 5.45. The molecule has 1 aliphatic rings. The molecule has 0 aromatic carbocycles. The third-order valence-electron chi connectivity index (χ3n) is 3.03. The molecule has 0 radical (unpaired) electrons. The van der Waals surface area contributed by atoms with E-state index in [0.717, 1.165) is 45.6 Å². The van der Waals surface area contributed by atoms with E-state index in [2.05, 4.69) is 12.2 Å². The van der Waals surface area contributed by atoms with Crippen molar-refractivity contribution in [2.24, 2.45) is 5.73 Å². The van der Waals surface area contributed by atoms with Crippen LogP contribution in [0.5, 0.6) is 0 Å². The fourth-order valence-corrected chi connectivity index (χ4v) is 1.83. The van der Waals surface area contributed by atoms with Gasteiger partial charge in [-0.3, -0.25) is 0 Å². The van der Waals surface area contributed by atoms with Crippen molar-refractivity contribution in [2.75, 3.05) is 26.3 Å². The average molecular weight is 200 g/mol. The molecule has 0 aliphatic carbocycles. The summed E-state index contributed by atoms with van der Waals surface area (Å²) in [5, 5.41) is 3.64. The van der Waals surface area contributed by atoms with Gasteiger partial charge in [-0.05, 0) is 45.7 Å². The number of rotatable bonds is 6. The van der Waals surface area contributed by atoms with Crippen molar-refractivity contribution >= 4 is 0 Å². The highest BCUT2D eigenvalue weighted by Crippen LogP contribution is 2.19. The van der Waals surface area contributed by atoms with Crippen molar-refractivity contribution in [3.05, 3.63) is 0 Å². The van der Waals surface area contributed by atoms with Crippen LogP contribution in [0, 0.1) is 0 Å². The number of hydrogen-bond donors (Lipinski definition) is 2. The first kappa shape index (κ1) is 12.0. The van der Waals surface area contributed by atoms with Crippen LogP contribution in [0.3, 0.4) is 0 Å². The minimum atomic E-state index is 0.320. The molecule has 0 bridgehead atoms. The Morgan fingerprint density at radius 1 is 1.21 bits per heavy atom. The van der Waals surface area contributed by atoms with E-state index in [1.807, 2.05) is 0 Å². The molecular formula is C11H24N2O. The van der Waals surface area contributed by atoms with Crippen LogP contribution < -0.4 is 11.1 Å². The second-order valence-corrected chi connectivity index (χ2v) is 4.45. The molecule has 0 spiro atoms. The van der Waals surface area contributed by atoms with Crippen LogP contribution in [0.15, 0.2) is 0 Å². The third kappa shape index (κ3) is 4.40. The fourth-order valence-electron chi connectivity index (χ4n) is 1.83. The Balaban J connectivity index is 2.03. The first-order chi connectivity index (χ1) is 6.77. The number of hydrogen-bond acceptors (Lipinski definition) is 3. The summed E-state index contributed by atoms with van der Waals surface area (Å²) in [6.45, 7) is 6.07. The van der Waals surface area contributed by atoms with Gasteiger partial charge in [-0.1, -0.05) is 6.42 Å². The number of nitrogens with two attached hydrogens (primary N) is 1. The van der Waals surface area contributed by atoms with Gasteiger partial charge in [-0.25, -0.2) is 0 Å². The highest BCUT2D eigenvalue weighted by atomic mass is 16.5. The first-order valence-electron chi connectivity index (χ1n) is 5.80. The van der Waals surface area contributed by atoms with Crippen LogP contribution in [0.1, 0.15) is 39.0 Å². The van der Waals surface area contributed by atoms with Crippen LogP contribution in [0.25, 0.3) is 0 Å². The molecule has 0 saturated carbocycles. The maximum Gasteiger partial charge on any atom is 0.0483 e. The van der Waals surface area contributed by atoms with E-state index in [0.29, 0.717) is 5.54 Å². The van der Waals surface area contributed by atoms with Crippen molar-refractivity contribution in [1.29, 1.82) is 0 Å². The quantitative estimate of drug-likeness (QED) is 0.635. The van der Waals surface area contributed by atoms with Crippen molar-refractivity contribution in [3.8, 4) is 0 Å². The minimum Gasteiger partial charge on any atom is -0.381 e. The summed E-state index contributed by atoms with van der Waals surface area (Å²) >= 11 is 0. The van der Waals surface area contributed by atoms with Gasteiger partial charge >= 0.3 is 0 Å². The molecule has 3 N–H and O–H groups in total. The summed E-state index contributed by atoms with van der Waals surface area (Å²) in [4.78, 5) is 0. The van der Waals surface area contributed by atoms with E-state index in [-0.39, 0.29) is 0 Å². The van der Waals surface area contributed by atoms with Crippen molar-refractivity contribution in [3.63, 3.8) is 0 Å². The average Bonchev–Trinajstić information content (AvgIpc) is 2.18. The molecule has 0 amide bonds. The van der Waals surface area contributed by atoms with Gasteiger partial charge < -0.3 is 15.8 Å². The fraction of sp³-hybridized carbons (Fsp3) is 1.00. The van der Waals surface area contributed by atoms with Gasteiger partial charge in [0.05, 0.1) is 0 Å². The summed E-state index contributed by atoms with van der Waals surface area (Å²) < 4.78 is 5.35. The molecule has 14 heavy (non-hydrogen) atoms. The highest BCUT2D eigenvalue weighted by Gasteiger charge is 2.25. The van der Waals surface area contributed by atoms with Crippen LogP contribution in [0.4, 0.5) is 0 Å². The summed E-state index contributed by atoms with van der Waals surface area (Å²) in [5.41, 5.74) is 5.76. The van der Waals surface area contributed by atoms with Crippen LogP contribution in [0.2, 0.25) is 0 Å². The van der Waals surface area contributed by atoms with Gasteiger partial charge in [0, 0.05) is 18.8 Å². The molecule has 1 heterocycles. The minimum absolute atomic E-state index is 0.320. The van der Waals surface area contributed by atoms with E-state index < -0.39 is 0 Å². The standard InChI is InChI=1S/C11H24N2O/c1-11(5-9-14-10-6-11)13-8-4-2-3-7-12/h13H,2-10,12H2,1H3. The monoisotopic (exact) mass is 200 g/mol. The summed E-state index contributed by atoms with van der Waals surface area (Å²) in [7, 11) is 0. The lowest BCUT2D eigenvalue weighted by molar-refractivity contribution is 0.0453. The van der Waals surface area contributed by atoms with Gasteiger partial charge in [0.1, 0.15) is 0 Å². The van der Waals surface area contributed by atoms with E-state index in [4.69, 9.17) is 10.5 Å². The zero-order valence-electron chi connectivity index (χ0n) is 9.35. The number of nitrogens with one attached hydrogen (secondary N) is 1. The van der Waals surface area contributed by atoms with Crippen LogP contribution in [-0.4, -0.2) is 31.8 Å². The molecule has 1 rings (SSSR count). The zero-order chi connectivity index (χ0) is 10.3. The molecule has 84 valence electrons. The van der Waals surface area contributed by atoms with Crippen molar-refractivity contribution in [1.82, 2.24) is 5.32 Å². The molecule has 3 nitrogen and oxygen atoms in total. The van der Waals surface area contributed by atoms with Gasteiger partial charge in [-0.15, -0.1) is 0 Å². The largest absolute Gasteiger partial charge is 0.381 e. The second kappa shape index (κ2) is 6.38. The molecular weight excluding hydrogens is 176 g/mol. The molecule has 0 aromatic heterocycles. The topological polar surface area (TPSA) is 47.3 Å². The maximum absolute atomic E-state index is 5.44. The van der Waals surface area contributed by atoms with Crippen molar-refractivity contribution in [2.45, 2.75) is 44.6 Å². The molecule has 1 saturated heterocycles. The van der Waals surface area contributed by atoms with Crippen LogP contribution in [-0.2, 0) is 4.74 Å². The Morgan fingerprint density at radius 2 is 1.93 bits per heavy atom. The normalized spacial score (nSPS) is 21.0. The second-order valence-electron chi connectivity index (χ2n) is 4.45. The lowest BCUT2D eigenvalue weighted by atomic mass is 9.92. The molecule has 0 atom stereocenters. The Morgan fingerprint density at radius 3 is 2.57 bits per heavy atom. The molecule has 1 aliphatic heterocycles. The Bertz CT molecular complexity index is 144. The molecule has 1 fully saturated rings. The molecule has 0 aromatic rings. The van der Waals surface area contributed by atoms with E-state index in [1.165, 1.54) is 12.8 Å². The number of ether oxygens (including phenoxy) is 1. The summed E-state index contributed by atoms with van der Waals surface area (Å²) in [6, 6.07) is 0. The first-order valence-corrected chi connectivity index (χ1v) is 5.80. The van der Waals surface area contributed by atoms with Crippen molar-refractivity contribution < 1.29 is 4.74 Å². The van der Waals surface area contributed by atoms with E-state index in [1.54, 1.807) is 0 Å². The predicted octanol–water partition coefficient (Wildman–Crippen LogP) is 1.27. The maximum atomic E-state index is 5.44. The third-order valence-corrected chi connectivity index (χ3v) is 3.03. The van der Waals surface area contributed by atoms with Gasteiger partial charge in [0.15, 0.2) is 0 Å². The zero-order valence-corrected chi connectivity index (χ0v) is 9.35. The van der Waals surface area contributed by atoms with Crippen LogP contribution >= 0.6 is 0 Å². The smallest absolute Gasteiger partial charge is 0.0483 e. The highest BCUT2D eigenvalue weighted by molar-refractivity contribution is 4.84. The van der Waals surface area contributed by atoms with Gasteiger partial charge in [0.2, 0.25) is 0 Å². The summed E-state index contributed by atoms with van der Waals surface area (Å²) in [5.74, 6) is 0. The summed E-state index contributed by atoms with van der Waals surface area (Å²) in [6.07, 6.45) is 5.93. The van der Waals surface area contributed by atoms with Gasteiger partial charge in [-0.2, -0.15) is 0 Å². The number of unbranched alkanes of at least 4 members (excludes halogenated alkanes) is 2. The Hall–Kier alpha value is -0.120. The SMILES string of the molecule is CC1(NCCCCCN)CCOCC1. The van der Waals surface area contributed by atoms with Gasteiger partial charge in [0.25, 0.3) is 0 Å². The molecule has 0 unspecified atom stereocenters. The van der Waals surface area contributed by atoms with E-state index >= 15 is 0 Å². The molecule has 3 heteroatoms. The lowest BCUT2D eigenvalue weighted by Gasteiger charge is -2.34. The predicted molar refractivity (Wildman–Crippen MR) is 59.4 cm³/mol. The Labute approximate surface area is 87.4 Å². The van der Waals surface area contributed by atoms with E-state index in [9.17, 15) is 0 Å².